The highest BCUT2D eigenvalue weighted by Crippen LogP contribution is 2.44. The molecule has 2 aliphatic rings. The number of carbonyl (C=O) groups is 1. The zero-order valence-electron chi connectivity index (χ0n) is 22.3. The van der Waals surface area contributed by atoms with E-state index >= 15 is 0 Å². The van der Waals surface area contributed by atoms with E-state index in [-0.39, 0.29) is 46.1 Å². The van der Waals surface area contributed by atoms with E-state index in [1.54, 1.807) is 31.3 Å². The predicted molar refractivity (Wildman–Crippen MR) is 139 cm³/mol. The molecule has 0 spiro atoms. The molecule has 1 amide bonds. The van der Waals surface area contributed by atoms with E-state index in [1.165, 1.54) is 53.0 Å². The lowest BCUT2D eigenvalue weighted by molar-refractivity contribution is -0.286. The summed E-state index contributed by atoms with van der Waals surface area (Å²) in [6.07, 6.45) is -6.67. The molecule has 1 aliphatic heterocycles. The first-order valence-electron chi connectivity index (χ1n) is 13.0. The van der Waals surface area contributed by atoms with E-state index in [2.05, 4.69) is 19.6 Å². The van der Waals surface area contributed by atoms with Gasteiger partial charge < -0.3 is 19.1 Å². The van der Waals surface area contributed by atoms with Crippen molar-refractivity contribution in [1.29, 1.82) is 0 Å². The Hall–Kier alpha value is -4.68. The minimum Gasteiger partial charge on any atom is -0.468 e. The smallest absolute Gasteiger partial charge is 0.468 e. The maximum atomic E-state index is 14.1. The molecule has 3 heterocycles. The average molecular weight is 587 g/mol. The number of aryl methyl sites for hydroxylation is 1. The van der Waals surface area contributed by atoms with E-state index < -0.39 is 30.2 Å². The number of amides is 1. The second kappa shape index (κ2) is 10.00. The van der Waals surface area contributed by atoms with Crippen LogP contribution in [0.25, 0.3) is 5.69 Å². The fraction of sp³-hybridized carbons (Fsp3) is 0.276. The van der Waals surface area contributed by atoms with Crippen LogP contribution in [0.2, 0.25) is 0 Å². The lowest BCUT2D eigenvalue weighted by Gasteiger charge is -2.26. The Labute approximate surface area is 236 Å². The Morgan fingerprint density at radius 1 is 1.10 bits per heavy atom. The molecule has 6 rings (SSSR count). The van der Waals surface area contributed by atoms with Crippen molar-refractivity contribution in [2.24, 2.45) is 0 Å². The lowest BCUT2D eigenvalue weighted by atomic mass is 9.93. The fourth-order valence-electron chi connectivity index (χ4n) is 5.14. The van der Waals surface area contributed by atoms with Crippen molar-refractivity contribution >= 4 is 11.6 Å². The molecule has 13 heteroatoms. The summed E-state index contributed by atoms with van der Waals surface area (Å²) in [4.78, 5) is 18.9. The maximum Gasteiger partial charge on any atom is 0.586 e. The zero-order chi connectivity index (χ0) is 29.8. The van der Waals surface area contributed by atoms with Crippen molar-refractivity contribution in [3.63, 3.8) is 0 Å². The number of carbonyl (C=O) groups excluding carboxylic acids is 1. The molecule has 0 bridgehead atoms. The van der Waals surface area contributed by atoms with Crippen molar-refractivity contribution in [3.05, 3.63) is 88.9 Å². The van der Waals surface area contributed by atoms with Crippen molar-refractivity contribution in [2.45, 2.75) is 44.8 Å². The van der Waals surface area contributed by atoms with Crippen LogP contribution in [0.4, 0.5) is 27.6 Å². The van der Waals surface area contributed by atoms with Gasteiger partial charge in [0.15, 0.2) is 17.2 Å². The van der Waals surface area contributed by atoms with Gasteiger partial charge in [-0.3, -0.25) is 4.79 Å². The number of aromatic nitrogens is 3. The molecule has 2 aromatic heterocycles. The summed E-state index contributed by atoms with van der Waals surface area (Å²) in [6.45, 7) is 1.79. The highest BCUT2D eigenvalue weighted by molar-refractivity contribution is 6.06. The van der Waals surface area contributed by atoms with Crippen LogP contribution in [-0.4, -0.2) is 34.0 Å². The summed E-state index contributed by atoms with van der Waals surface area (Å²) < 4.78 is 85.4. The molecule has 1 unspecified atom stereocenters. The van der Waals surface area contributed by atoms with E-state index in [9.17, 15) is 26.7 Å². The standard InChI is InChI=1S/C29H23F5N4O4/c1-16-6-5-13-35-26(16)40-22-10-4-9-20-24(22)38(36-25(20)28(30,31)32)19-8-3-7-17(14-19)27(39)37(2)18-11-12-21-23(15-18)42-29(33,34)41-21/h3,5-8,11-15,22H,4,9-10H2,1-2H3. The molecule has 218 valence electrons. The van der Waals surface area contributed by atoms with Crippen molar-refractivity contribution in [3.8, 4) is 23.1 Å². The second-order valence-electron chi connectivity index (χ2n) is 9.96. The van der Waals surface area contributed by atoms with Gasteiger partial charge in [0.05, 0.1) is 11.4 Å². The topological polar surface area (TPSA) is 78.7 Å². The third-order valence-corrected chi connectivity index (χ3v) is 7.12. The lowest BCUT2D eigenvalue weighted by Crippen LogP contribution is -2.26. The summed E-state index contributed by atoms with van der Waals surface area (Å²) in [5, 5.41) is 3.97. The highest BCUT2D eigenvalue weighted by atomic mass is 19.4. The molecule has 1 atom stereocenters. The second-order valence-corrected chi connectivity index (χ2v) is 9.96. The molecule has 0 radical (unpaired) electrons. The number of halogens is 5. The SMILES string of the molecule is Cc1cccnc1OC1CCCc2c(C(F)(F)F)nn(-c3cccc(C(=O)N(C)c4ccc5c(c4)OC(F)(F)O5)c3)c21. The van der Waals surface area contributed by atoms with Gasteiger partial charge in [0.2, 0.25) is 5.88 Å². The van der Waals surface area contributed by atoms with Crippen LogP contribution in [0.15, 0.2) is 60.8 Å². The monoisotopic (exact) mass is 586 g/mol. The van der Waals surface area contributed by atoms with Gasteiger partial charge >= 0.3 is 12.5 Å². The Balaban J connectivity index is 1.36. The first-order chi connectivity index (χ1) is 19.9. The van der Waals surface area contributed by atoms with Crippen LogP contribution in [0.1, 0.15) is 51.8 Å². The number of hydrogen-bond acceptors (Lipinski definition) is 6. The van der Waals surface area contributed by atoms with Crippen molar-refractivity contribution in [2.75, 3.05) is 11.9 Å². The van der Waals surface area contributed by atoms with Crippen LogP contribution >= 0.6 is 0 Å². The van der Waals surface area contributed by atoms with Crippen LogP contribution in [0, 0.1) is 6.92 Å². The summed E-state index contributed by atoms with van der Waals surface area (Å²) in [7, 11) is 1.43. The molecule has 0 N–H and O–H groups in total. The Morgan fingerprint density at radius 2 is 1.88 bits per heavy atom. The number of nitrogens with zero attached hydrogens (tertiary/aromatic N) is 4. The van der Waals surface area contributed by atoms with Crippen LogP contribution in [-0.2, 0) is 12.6 Å². The Morgan fingerprint density at radius 3 is 2.64 bits per heavy atom. The minimum absolute atomic E-state index is 0.0401. The number of benzene rings is 2. The Kier molecular flexibility index (Phi) is 6.54. The molecular formula is C29H23F5N4O4. The number of hydrogen-bond donors (Lipinski definition) is 0. The molecule has 8 nitrogen and oxygen atoms in total. The summed E-state index contributed by atoms with van der Waals surface area (Å²) in [5.41, 5.74) is 0.598. The maximum absolute atomic E-state index is 14.1. The van der Waals surface area contributed by atoms with E-state index in [4.69, 9.17) is 4.74 Å². The Bertz CT molecular complexity index is 1690. The molecule has 0 saturated carbocycles. The third-order valence-electron chi connectivity index (χ3n) is 7.12. The molecule has 4 aromatic rings. The first kappa shape index (κ1) is 27.5. The molecular weight excluding hydrogens is 563 g/mol. The highest BCUT2D eigenvalue weighted by Gasteiger charge is 2.44. The average Bonchev–Trinajstić information content (AvgIpc) is 3.50. The van der Waals surface area contributed by atoms with Gasteiger partial charge in [0.1, 0.15) is 6.10 Å². The van der Waals surface area contributed by atoms with Gasteiger partial charge in [0.25, 0.3) is 5.91 Å². The summed E-state index contributed by atoms with van der Waals surface area (Å²) in [6, 6.07) is 13.4. The molecule has 0 saturated heterocycles. The predicted octanol–water partition coefficient (Wildman–Crippen LogP) is 6.65. The first-order valence-corrected chi connectivity index (χ1v) is 13.0. The molecule has 42 heavy (non-hydrogen) atoms. The number of ether oxygens (including phenoxy) is 3. The third kappa shape index (κ3) is 4.99. The number of anilines is 1. The molecule has 2 aromatic carbocycles. The fourth-order valence-corrected chi connectivity index (χ4v) is 5.14. The number of pyridine rings is 1. The van der Waals surface area contributed by atoms with Crippen LogP contribution in [0.5, 0.6) is 17.4 Å². The van der Waals surface area contributed by atoms with E-state index in [0.29, 0.717) is 18.7 Å². The number of alkyl halides is 5. The number of rotatable bonds is 5. The molecule has 1 aliphatic carbocycles. The van der Waals surface area contributed by atoms with Crippen molar-refractivity contribution < 1.29 is 41.0 Å². The van der Waals surface area contributed by atoms with E-state index in [0.717, 1.165) is 5.56 Å². The van der Waals surface area contributed by atoms with E-state index in [1.807, 2.05) is 0 Å². The van der Waals surface area contributed by atoms with Gasteiger partial charge in [-0.1, -0.05) is 12.1 Å². The summed E-state index contributed by atoms with van der Waals surface area (Å²) >= 11 is 0. The van der Waals surface area contributed by atoms with Gasteiger partial charge in [-0.05, 0) is 62.6 Å². The van der Waals surface area contributed by atoms with Gasteiger partial charge in [0, 0.05) is 41.7 Å². The van der Waals surface area contributed by atoms with Gasteiger partial charge in [-0.2, -0.15) is 18.3 Å². The summed E-state index contributed by atoms with van der Waals surface area (Å²) in [5.74, 6) is -0.642. The molecule has 0 fully saturated rings. The normalized spacial score (nSPS) is 17.1. The van der Waals surface area contributed by atoms with Crippen LogP contribution in [0.3, 0.4) is 0 Å². The van der Waals surface area contributed by atoms with Gasteiger partial charge in [-0.25, -0.2) is 9.67 Å². The quantitative estimate of drug-likeness (QED) is 0.244. The van der Waals surface area contributed by atoms with Gasteiger partial charge in [-0.15, -0.1) is 8.78 Å². The van der Waals surface area contributed by atoms with Crippen molar-refractivity contribution in [1.82, 2.24) is 14.8 Å². The largest absolute Gasteiger partial charge is 0.586 e. The zero-order valence-corrected chi connectivity index (χ0v) is 22.3. The van der Waals surface area contributed by atoms with Crippen LogP contribution < -0.4 is 19.1 Å². The minimum atomic E-state index is -4.71. The number of fused-ring (bicyclic) bond motifs is 2.